The number of nitrogens with zero attached hydrogens (tertiary/aromatic N) is 3. The van der Waals surface area contributed by atoms with Crippen molar-refractivity contribution in [1.82, 2.24) is 14.1 Å². The van der Waals surface area contributed by atoms with Gasteiger partial charge >= 0.3 is 0 Å². The molecule has 28 heavy (non-hydrogen) atoms. The lowest BCUT2D eigenvalue weighted by molar-refractivity contribution is -0.138. The van der Waals surface area contributed by atoms with Gasteiger partial charge in [-0.15, -0.1) is 0 Å². The van der Waals surface area contributed by atoms with E-state index in [0.717, 1.165) is 49.8 Å². The third-order valence-electron chi connectivity index (χ3n) is 5.91. The number of benzene rings is 2. The zero-order valence-corrected chi connectivity index (χ0v) is 17.1. The molecule has 0 bridgehead atoms. The molecular weight excluding hydrogens is 374 g/mol. The number of likely N-dealkylation sites (N-methyl/N-ethyl adjacent to an activating group) is 1. The Morgan fingerprint density at radius 1 is 0.964 bits per heavy atom. The number of rotatable bonds is 3. The average Bonchev–Trinajstić information content (AvgIpc) is 2.73. The third kappa shape index (κ3) is 3.79. The molecule has 2 aromatic carbocycles. The van der Waals surface area contributed by atoms with Crippen LogP contribution in [0.2, 0.25) is 0 Å². The fourth-order valence-electron chi connectivity index (χ4n) is 4.12. The van der Waals surface area contributed by atoms with Crippen LogP contribution in [0.25, 0.3) is 10.8 Å². The molecule has 0 spiro atoms. The molecule has 4 rings (SSSR count). The molecule has 0 aromatic heterocycles. The van der Waals surface area contributed by atoms with Gasteiger partial charge in [0, 0.05) is 39.3 Å². The van der Waals surface area contributed by atoms with Gasteiger partial charge in [0.2, 0.25) is 15.9 Å². The molecule has 6 nitrogen and oxygen atoms in total. The zero-order valence-electron chi connectivity index (χ0n) is 16.3. The maximum absolute atomic E-state index is 13.2. The summed E-state index contributed by atoms with van der Waals surface area (Å²) < 4.78 is 27.9. The quantitative estimate of drug-likeness (QED) is 0.790. The second-order valence-electron chi connectivity index (χ2n) is 7.84. The summed E-state index contributed by atoms with van der Waals surface area (Å²) in [6.45, 7) is 3.95. The molecule has 0 unspecified atom stereocenters. The van der Waals surface area contributed by atoms with Crippen LogP contribution in [0.5, 0.6) is 0 Å². The number of piperazine rings is 1. The number of carbonyl (C=O) groups is 1. The van der Waals surface area contributed by atoms with Crippen molar-refractivity contribution in [2.45, 2.75) is 17.7 Å². The van der Waals surface area contributed by atoms with Crippen molar-refractivity contribution in [2.75, 3.05) is 46.3 Å². The van der Waals surface area contributed by atoms with Gasteiger partial charge in [-0.05, 0) is 42.8 Å². The van der Waals surface area contributed by atoms with Gasteiger partial charge in [0.25, 0.3) is 0 Å². The van der Waals surface area contributed by atoms with Crippen LogP contribution in [0, 0.1) is 5.92 Å². The molecule has 2 aliphatic heterocycles. The summed E-state index contributed by atoms with van der Waals surface area (Å²) in [4.78, 5) is 17.3. The van der Waals surface area contributed by atoms with Crippen molar-refractivity contribution in [1.29, 1.82) is 0 Å². The van der Waals surface area contributed by atoms with Gasteiger partial charge in [-0.1, -0.05) is 30.3 Å². The summed E-state index contributed by atoms with van der Waals surface area (Å²) in [6, 6.07) is 13.0. The summed E-state index contributed by atoms with van der Waals surface area (Å²) in [7, 11) is -1.55. The molecule has 1 amide bonds. The number of carbonyl (C=O) groups excluding carboxylic acids is 1. The minimum absolute atomic E-state index is 0.103. The molecule has 150 valence electrons. The van der Waals surface area contributed by atoms with Crippen molar-refractivity contribution in [2.24, 2.45) is 5.92 Å². The standard InChI is InChI=1S/C21H27N3O3S/c1-22-11-13-23(14-12-22)21(25)19-7-4-10-24(16-19)28(26,27)20-9-8-17-5-2-3-6-18(17)15-20/h2-3,5-6,8-9,15,19H,4,7,10-14,16H2,1H3/t19-/m0/s1. The van der Waals surface area contributed by atoms with Gasteiger partial charge in [0.05, 0.1) is 10.8 Å². The summed E-state index contributed by atoms with van der Waals surface area (Å²) in [5, 5.41) is 1.92. The Morgan fingerprint density at radius 2 is 1.68 bits per heavy atom. The number of piperidine rings is 1. The highest BCUT2D eigenvalue weighted by Crippen LogP contribution is 2.27. The second-order valence-corrected chi connectivity index (χ2v) is 9.78. The van der Waals surface area contributed by atoms with Crippen molar-refractivity contribution in [3.05, 3.63) is 42.5 Å². The van der Waals surface area contributed by atoms with E-state index in [1.165, 1.54) is 4.31 Å². The molecule has 2 saturated heterocycles. The Kier molecular flexibility index (Phi) is 5.40. The molecule has 1 atom stereocenters. The molecular formula is C21H27N3O3S. The van der Waals surface area contributed by atoms with Gasteiger partial charge < -0.3 is 9.80 Å². The molecule has 2 aromatic rings. The number of sulfonamides is 1. The first-order chi connectivity index (χ1) is 13.4. The van der Waals surface area contributed by atoms with E-state index in [4.69, 9.17) is 0 Å². The predicted octanol–water partition coefficient (Wildman–Crippen LogP) is 2.01. The highest BCUT2D eigenvalue weighted by atomic mass is 32.2. The summed E-state index contributed by atoms with van der Waals surface area (Å²) in [5.41, 5.74) is 0. The molecule has 7 heteroatoms. The fraction of sp³-hybridized carbons (Fsp3) is 0.476. The molecule has 2 fully saturated rings. The van der Waals surface area contributed by atoms with Crippen molar-refractivity contribution in [3.63, 3.8) is 0 Å². The van der Waals surface area contributed by atoms with Crippen LogP contribution in [0.3, 0.4) is 0 Å². The fourth-order valence-corrected chi connectivity index (χ4v) is 5.68. The van der Waals surface area contributed by atoms with Crippen LogP contribution in [-0.2, 0) is 14.8 Å². The van der Waals surface area contributed by atoms with Crippen molar-refractivity contribution in [3.8, 4) is 0 Å². The summed E-state index contributed by atoms with van der Waals surface area (Å²) >= 11 is 0. The smallest absolute Gasteiger partial charge is 0.243 e. The SMILES string of the molecule is CN1CCN(C(=O)[C@H]2CCCN(S(=O)(=O)c3ccc4ccccc4c3)C2)CC1. The van der Waals surface area contributed by atoms with E-state index in [9.17, 15) is 13.2 Å². The zero-order chi connectivity index (χ0) is 19.7. The Labute approximate surface area is 166 Å². The average molecular weight is 402 g/mol. The van der Waals surface area contributed by atoms with Gasteiger partial charge in [-0.3, -0.25) is 4.79 Å². The topological polar surface area (TPSA) is 60.9 Å². The number of amides is 1. The van der Waals surface area contributed by atoms with E-state index in [2.05, 4.69) is 11.9 Å². The number of hydrogen-bond donors (Lipinski definition) is 0. The van der Waals surface area contributed by atoms with Crippen LogP contribution < -0.4 is 0 Å². The maximum Gasteiger partial charge on any atom is 0.243 e. The van der Waals surface area contributed by atoms with Crippen molar-refractivity contribution >= 4 is 26.7 Å². The number of fused-ring (bicyclic) bond motifs is 1. The number of hydrogen-bond acceptors (Lipinski definition) is 4. The second kappa shape index (κ2) is 7.81. The lowest BCUT2D eigenvalue weighted by Gasteiger charge is -2.37. The first-order valence-electron chi connectivity index (χ1n) is 9.91. The Balaban J connectivity index is 1.52. The Morgan fingerprint density at radius 3 is 2.43 bits per heavy atom. The Hall–Kier alpha value is -1.96. The minimum atomic E-state index is -3.61. The van der Waals surface area contributed by atoms with Crippen molar-refractivity contribution < 1.29 is 13.2 Å². The highest BCUT2D eigenvalue weighted by molar-refractivity contribution is 7.89. The third-order valence-corrected chi connectivity index (χ3v) is 7.77. The Bertz CT molecular complexity index is 968. The monoisotopic (exact) mass is 401 g/mol. The lowest BCUT2D eigenvalue weighted by atomic mass is 9.98. The van der Waals surface area contributed by atoms with E-state index >= 15 is 0 Å². The summed E-state index contributed by atoms with van der Waals surface area (Å²) in [6.07, 6.45) is 1.48. The van der Waals surface area contributed by atoms with Crippen LogP contribution in [0.15, 0.2) is 47.4 Å². The van der Waals surface area contributed by atoms with Gasteiger partial charge in [-0.2, -0.15) is 4.31 Å². The normalized spacial score (nSPS) is 22.5. The van der Waals surface area contributed by atoms with E-state index < -0.39 is 10.0 Å². The van der Waals surface area contributed by atoms with E-state index in [1.54, 1.807) is 12.1 Å². The van der Waals surface area contributed by atoms with E-state index in [-0.39, 0.29) is 18.4 Å². The highest BCUT2D eigenvalue weighted by Gasteiger charge is 2.35. The first kappa shape index (κ1) is 19.4. The van der Waals surface area contributed by atoms with Gasteiger partial charge in [0.15, 0.2) is 0 Å². The van der Waals surface area contributed by atoms with Gasteiger partial charge in [-0.25, -0.2) is 8.42 Å². The molecule has 0 radical (unpaired) electrons. The van der Waals surface area contributed by atoms with Crippen LogP contribution in [0.4, 0.5) is 0 Å². The molecule has 0 N–H and O–H groups in total. The molecule has 2 heterocycles. The van der Waals surface area contributed by atoms with Crippen LogP contribution in [0.1, 0.15) is 12.8 Å². The molecule has 0 saturated carbocycles. The molecule has 2 aliphatic rings. The first-order valence-corrected chi connectivity index (χ1v) is 11.4. The van der Waals surface area contributed by atoms with Crippen LogP contribution in [-0.4, -0.2) is 74.7 Å². The van der Waals surface area contributed by atoms with E-state index in [0.29, 0.717) is 11.4 Å². The largest absolute Gasteiger partial charge is 0.340 e. The van der Waals surface area contributed by atoms with Gasteiger partial charge in [0.1, 0.15) is 0 Å². The van der Waals surface area contributed by atoms with E-state index in [1.807, 2.05) is 35.2 Å². The summed E-state index contributed by atoms with van der Waals surface area (Å²) in [5.74, 6) is -0.140. The van der Waals surface area contributed by atoms with Crippen LogP contribution >= 0.6 is 0 Å². The minimum Gasteiger partial charge on any atom is -0.340 e. The molecule has 0 aliphatic carbocycles. The maximum atomic E-state index is 13.2. The lowest BCUT2D eigenvalue weighted by Crippen LogP contribution is -2.52. The predicted molar refractivity (Wildman–Crippen MR) is 110 cm³/mol.